The first kappa shape index (κ1) is 21.5. The number of ether oxygens (including phenoxy) is 2. The Kier molecular flexibility index (Phi) is 7.19. The molecule has 0 unspecified atom stereocenters. The van der Waals surface area contributed by atoms with E-state index in [2.05, 4.69) is 89.5 Å². The van der Waals surface area contributed by atoms with E-state index in [9.17, 15) is 0 Å². The van der Waals surface area contributed by atoms with Crippen molar-refractivity contribution >= 4 is 0 Å². The molecule has 0 heterocycles. The van der Waals surface area contributed by atoms with Gasteiger partial charge in [-0.05, 0) is 69.9 Å². The number of hydrogen-bond acceptors (Lipinski definition) is 2. The highest BCUT2D eigenvalue weighted by atomic mass is 16.5. The topological polar surface area (TPSA) is 18.5 Å². The van der Waals surface area contributed by atoms with Gasteiger partial charge in [0.1, 0.15) is 24.7 Å². The molecule has 0 aromatic heterocycles. The molecule has 0 spiro atoms. The lowest BCUT2D eigenvalue weighted by Gasteiger charge is -2.19. The van der Waals surface area contributed by atoms with E-state index in [4.69, 9.17) is 9.47 Å². The highest BCUT2D eigenvalue weighted by Crippen LogP contribution is 2.25. The third-order valence-electron chi connectivity index (χ3n) is 4.30. The van der Waals surface area contributed by atoms with Gasteiger partial charge in [-0.25, -0.2) is 0 Å². The van der Waals surface area contributed by atoms with E-state index < -0.39 is 0 Å². The molecule has 0 atom stereocenters. The van der Waals surface area contributed by atoms with Crippen molar-refractivity contribution in [1.82, 2.24) is 0 Å². The molecule has 2 aromatic carbocycles. The molecule has 28 heavy (non-hydrogen) atoms. The van der Waals surface area contributed by atoms with Gasteiger partial charge in [0.05, 0.1) is 0 Å². The Hall–Kier alpha value is -2.84. The summed E-state index contributed by atoms with van der Waals surface area (Å²) in [7, 11) is 0. The first-order valence-electron chi connectivity index (χ1n) is 9.59. The van der Waals surface area contributed by atoms with Crippen molar-refractivity contribution in [3.63, 3.8) is 0 Å². The maximum atomic E-state index is 5.62. The Labute approximate surface area is 170 Å². The van der Waals surface area contributed by atoms with E-state index >= 15 is 0 Å². The Balaban J connectivity index is 1.73. The molecular formula is C26H30O2. The Morgan fingerprint density at radius 1 is 0.571 bits per heavy atom. The lowest BCUT2D eigenvalue weighted by molar-refractivity contribution is 0.369. The van der Waals surface area contributed by atoms with Crippen molar-refractivity contribution in [2.24, 2.45) is 0 Å². The fraction of sp³-hybridized carbons (Fsp3) is 0.385. The van der Waals surface area contributed by atoms with Gasteiger partial charge < -0.3 is 9.47 Å². The lowest BCUT2D eigenvalue weighted by Crippen LogP contribution is -2.10. The van der Waals surface area contributed by atoms with E-state index in [1.807, 2.05) is 24.3 Å². The van der Waals surface area contributed by atoms with Crippen LogP contribution in [0.3, 0.4) is 0 Å². The molecule has 0 fully saturated rings. The van der Waals surface area contributed by atoms with Crippen molar-refractivity contribution in [1.29, 1.82) is 0 Å². The van der Waals surface area contributed by atoms with E-state index in [1.54, 1.807) is 0 Å². The third kappa shape index (κ3) is 7.05. The van der Waals surface area contributed by atoms with Gasteiger partial charge in [0, 0.05) is 0 Å². The van der Waals surface area contributed by atoms with Crippen molar-refractivity contribution in [2.45, 2.75) is 52.4 Å². The molecule has 0 aliphatic rings. The van der Waals surface area contributed by atoms with Gasteiger partial charge in [-0.1, -0.05) is 65.8 Å². The van der Waals surface area contributed by atoms with Crippen LogP contribution < -0.4 is 9.47 Å². The SMILES string of the molecule is CC(C)(C)c1ccc(OCC#CC#CCOc2ccc(C(C)(C)C)cc2)cc1. The van der Waals surface area contributed by atoms with Crippen LogP contribution in [0.15, 0.2) is 48.5 Å². The normalized spacial score (nSPS) is 10.9. The first-order chi connectivity index (χ1) is 13.2. The smallest absolute Gasteiger partial charge is 0.150 e. The molecule has 0 saturated heterocycles. The standard InChI is InChI=1S/C26H30O2/c1-25(2,3)21-11-15-23(16-12-21)27-19-9-7-8-10-20-28-24-17-13-22(14-18-24)26(4,5)6/h11-18H,19-20H2,1-6H3. The van der Waals surface area contributed by atoms with Crippen LogP contribution in [-0.2, 0) is 10.8 Å². The zero-order chi connectivity index (χ0) is 20.6. The van der Waals surface area contributed by atoms with Gasteiger partial charge in [-0.2, -0.15) is 0 Å². The van der Waals surface area contributed by atoms with E-state index in [-0.39, 0.29) is 10.8 Å². The van der Waals surface area contributed by atoms with Gasteiger partial charge in [-0.3, -0.25) is 0 Å². The Morgan fingerprint density at radius 3 is 1.18 bits per heavy atom. The molecule has 2 nitrogen and oxygen atoms in total. The highest BCUT2D eigenvalue weighted by molar-refractivity contribution is 5.33. The fourth-order valence-electron chi connectivity index (χ4n) is 2.50. The first-order valence-corrected chi connectivity index (χ1v) is 9.59. The molecule has 0 aliphatic carbocycles. The maximum Gasteiger partial charge on any atom is 0.150 e. The van der Waals surface area contributed by atoms with E-state index in [0.29, 0.717) is 13.2 Å². The van der Waals surface area contributed by atoms with Crippen LogP contribution in [0.4, 0.5) is 0 Å². The summed E-state index contributed by atoms with van der Waals surface area (Å²) < 4.78 is 11.2. The predicted octanol–water partition coefficient (Wildman–Crippen LogP) is 5.75. The molecule has 0 aliphatic heterocycles. The van der Waals surface area contributed by atoms with Gasteiger partial charge >= 0.3 is 0 Å². The second kappa shape index (κ2) is 9.38. The van der Waals surface area contributed by atoms with Crippen molar-refractivity contribution in [3.05, 3.63) is 59.7 Å². The van der Waals surface area contributed by atoms with Crippen molar-refractivity contribution in [3.8, 4) is 35.2 Å². The van der Waals surface area contributed by atoms with Crippen molar-refractivity contribution < 1.29 is 9.47 Å². The number of benzene rings is 2. The molecule has 146 valence electrons. The van der Waals surface area contributed by atoms with Crippen LogP contribution >= 0.6 is 0 Å². The fourth-order valence-corrected chi connectivity index (χ4v) is 2.50. The summed E-state index contributed by atoms with van der Waals surface area (Å²) in [6, 6.07) is 16.3. The molecule has 0 saturated carbocycles. The van der Waals surface area contributed by atoms with Crippen LogP contribution in [-0.4, -0.2) is 13.2 Å². The summed E-state index contributed by atoms with van der Waals surface area (Å²) in [5.74, 6) is 13.0. The molecule has 0 bridgehead atoms. The summed E-state index contributed by atoms with van der Waals surface area (Å²) >= 11 is 0. The van der Waals surface area contributed by atoms with Crippen molar-refractivity contribution in [2.75, 3.05) is 13.2 Å². The van der Waals surface area contributed by atoms with Crippen LogP contribution in [0.5, 0.6) is 11.5 Å². The molecular weight excluding hydrogens is 344 g/mol. The van der Waals surface area contributed by atoms with Crippen LogP contribution in [0, 0.1) is 23.7 Å². The minimum absolute atomic E-state index is 0.143. The average Bonchev–Trinajstić information content (AvgIpc) is 2.63. The molecule has 0 amide bonds. The number of rotatable bonds is 4. The molecule has 0 N–H and O–H groups in total. The summed E-state index contributed by atoms with van der Waals surface area (Å²) in [5, 5.41) is 0. The van der Waals surface area contributed by atoms with Gasteiger partial charge in [0.25, 0.3) is 0 Å². The number of hydrogen-bond donors (Lipinski definition) is 0. The van der Waals surface area contributed by atoms with Gasteiger partial charge in [0.2, 0.25) is 0 Å². The zero-order valence-electron chi connectivity index (χ0n) is 17.8. The molecule has 2 rings (SSSR count). The molecule has 0 radical (unpaired) electrons. The van der Waals surface area contributed by atoms with E-state index in [0.717, 1.165) is 11.5 Å². The second-order valence-electron chi connectivity index (χ2n) is 8.73. The minimum Gasteiger partial charge on any atom is -0.481 e. The lowest BCUT2D eigenvalue weighted by atomic mass is 9.87. The van der Waals surface area contributed by atoms with Crippen LogP contribution in [0.25, 0.3) is 0 Å². The van der Waals surface area contributed by atoms with Gasteiger partial charge in [-0.15, -0.1) is 0 Å². The summed E-state index contributed by atoms with van der Waals surface area (Å²) in [6.45, 7) is 13.8. The second-order valence-corrected chi connectivity index (χ2v) is 8.73. The Morgan fingerprint density at radius 2 is 0.893 bits per heavy atom. The van der Waals surface area contributed by atoms with Gasteiger partial charge in [0.15, 0.2) is 0 Å². The largest absolute Gasteiger partial charge is 0.481 e. The maximum absolute atomic E-state index is 5.62. The zero-order valence-corrected chi connectivity index (χ0v) is 17.8. The monoisotopic (exact) mass is 374 g/mol. The summed E-state index contributed by atoms with van der Waals surface area (Å²) in [5.41, 5.74) is 2.85. The van der Waals surface area contributed by atoms with Crippen LogP contribution in [0.1, 0.15) is 52.7 Å². The highest BCUT2D eigenvalue weighted by Gasteiger charge is 2.13. The summed E-state index contributed by atoms with van der Waals surface area (Å²) in [4.78, 5) is 0. The minimum atomic E-state index is 0.143. The average molecular weight is 375 g/mol. The van der Waals surface area contributed by atoms with Crippen LogP contribution in [0.2, 0.25) is 0 Å². The Bertz CT molecular complexity index is 791. The molecule has 2 aromatic rings. The summed E-state index contributed by atoms with van der Waals surface area (Å²) in [6.07, 6.45) is 0. The van der Waals surface area contributed by atoms with E-state index in [1.165, 1.54) is 11.1 Å². The molecule has 2 heteroatoms. The third-order valence-corrected chi connectivity index (χ3v) is 4.30. The predicted molar refractivity (Wildman–Crippen MR) is 117 cm³/mol. The quantitative estimate of drug-likeness (QED) is 0.635.